The summed E-state index contributed by atoms with van der Waals surface area (Å²) in [5.41, 5.74) is 1.17. The zero-order valence-corrected chi connectivity index (χ0v) is 10.8. The number of methoxy groups -OCH3 is 1. The van der Waals surface area contributed by atoms with Gasteiger partial charge >= 0.3 is 5.97 Å². The van der Waals surface area contributed by atoms with Gasteiger partial charge in [0, 0.05) is 11.8 Å². The number of esters is 1. The van der Waals surface area contributed by atoms with Gasteiger partial charge in [-0.1, -0.05) is 19.0 Å². The molecule has 96 valence electrons. The van der Waals surface area contributed by atoms with Crippen molar-refractivity contribution in [3.63, 3.8) is 0 Å². The summed E-state index contributed by atoms with van der Waals surface area (Å²) in [7, 11) is 1.44. The summed E-state index contributed by atoms with van der Waals surface area (Å²) in [6.07, 6.45) is 3.97. The highest BCUT2D eigenvalue weighted by Crippen LogP contribution is 2.41. The number of hydrogen-bond acceptors (Lipinski definition) is 4. The van der Waals surface area contributed by atoms with Crippen molar-refractivity contribution < 1.29 is 14.4 Å². The summed E-state index contributed by atoms with van der Waals surface area (Å²) in [5, 5.41) is 4.24. The topological polar surface area (TPSA) is 47.9 Å². The van der Waals surface area contributed by atoms with Gasteiger partial charge in [0.25, 0.3) is 0 Å². The maximum Gasteiger partial charge on any atom is 0.312 e. The summed E-state index contributed by atoms with van der Waals surface area (Å²) in [5.74, 6) is 0.560. The van der Waals surface area contributed by atoms with E-state index in [0.29, 0.717) is 11.8 Å². The minimum Gasteiger partial charge on any atom is -0.469 e. The zero-order chi connectivity index (χ0) is 12.4. The van der Waals surface area contributed by atoms with E-state index in [2.05, 4.69) is 19.0 Å². The lowest BCUT2D eigenvalue weighted by Crippen LogP contribution is -2.30. The van der Waals surface area contributed by atoms with Gasteiger partial charge in [0.1, 0.15) is 6.10 Å². The second kappa shape index (κ2) is 5.07. The summed E-state index contributed by atoms with van der Waals surface area (Å²) in [6.45, 7) is 4.35. The van der Waals surface area contributed by atoms with Crippen LogP contribution in [-0.2, 0) is 14.4 Å². The maximum atomic E-state index is 11.6. The Kier molecular flexibility index (Phi) is 3.69. The van der Waals surface area contributed by atoms with Crippen molar-refractivity contribution in [3.05, 3.63) is 0 Å². The van der Waals surface area contributed by atoms with Crippen LogP contribution in [0.5, 0.6) is 0 Å². The predicted octanol–water partition coefficient (Wildman–Crippen LogP) is 2.38. The van der Waals surface area contributed by atoms with Crippen LogP contribution in [0, 0.1) is 17.8 Å². The first-order chi connectivity index (χ1) is 8.22. The second-order valence-corrected chi connectivity index (χ2v) is 4.91. The third kappa shape index (κ3) is 2.05. The molecule has 4 nitrogen and oxygen atoms in total. The number of nitrogens with zero attached hydrogens (tertiary/aromatic N) is 1. The van der Waals surface area contributed by atoms with Crippen LogP contribution in [0.25, 0.3) is 0 Å². The molecule has 1 fully saturated rings. The molecule has 0 aromatic carbocycles. The molecule has 1 aliphatic carbocycles. The fraction of sp³-hybridized carbons (Fsp3) is 0.846. The van der Waals surface area contributed by atoms with Crippen molar-refractivity contribution in [2.45, 2.75) is 45.6 Å². The van der Waals surface area contributed by atoms with E-state index in [1.807, 2.05) is 0 Å². The van der Waals surface area contributed by atoms with E-state index in [0.717, 1.165) is 25.7 Å². The molecule has 1 saturated carbocycles. The van der Waals surface area contributed by atoms with Crippen LogP contribution in [0.1, 0.15) is 39.5 Å². The Morgan fingerprint density at radius 1 is 1.47 bits per heavy atom. The molecule has 4 heteroatoms. The lowest BCUT2D eigenvalue weighted by molar-refractivity contribution is -0.149. The molecule has 2 aliphatic rings. The first-order valence-electron chi connectivity index (χ1n) is 6.54. The molecule has 0 saturated heterocycles. The molecule has 1 aliphatic heterocycles. The number of ether oxygens (including phenoxy) is 1. The number of oxime groups is 1. The highest BCUT2D eigenvalue weighted by Gasteiger charge is 2.49. The number of hydrogen-bond donors (Lipinski definition) is 0. The number of fused-ring (bicyclic) bond motifs is 1. The summed E-state index contributed by atoms with van der Waals surface area (Å²) >= 11 is 0. The normalized spacial score (nSPS) is 31.1. The van der Waals surface area contributed by atoms with Gasteiger partial charge in [-0.05, 0) is 25.7 Å². The molecule has 0 radical (unpaired) electrons. The van der Waals surface area contributed by atoms with E-state index in [1.165, 1.54) is 12.8 Å². The van der Waals surface area contributed by atoms with Crippen LogP contribution in [-0.4, -0.2) is 24.9 Å². The van der Waals surface area contributed by atoms with Gasteiger partial charge in [-0.3, -0.25) is 4.79 Å². The molecule has 0 bridgehead atoms. The van der Waals surface area contributed by atoms with Gasteiger partial charge in [0.05, 0.1) is 18.7 Å². The second-order valence-electron chi connectivity index (χ2n) is 4.91. The SMILES string of the molecule is CCC(CC)C1=NO[C@@H]2[C@@H](C(=O)OC)CC[C@H]12. The highest BCUT2D eigenvalue weighted by molar-refractivity contribution is 5.91. The molecule has 0 spiro atoms. The fourth-order valence-electron chi connectivity index (χ4n) is 3.11. The van der Waals surface area contributed by atoms with Crippen molar-refractivity contribution >= 4 is 11.7 Å². The van der Waals surface area contributed by atoms with Gasteiger partial charge in [-0.25, -0.2) is 0 Å². The van der Waals surface area contributed by atoms with Gasteiger partial charge in [0.2, 0.25) is 0 Å². The Morgan fingerprint density at radius 3 is 2.76 bits per heavy atom. The van der Waals surface area contributed by atoms with Crippen LogP contribution in [0.4, 0.5) is 0 Å². The molecule has 0 aromatic rings. The Balaban J connectivity index is 2.07. The van der Waals surface area contributed by atoms with Crippen LogP contribution in [0.3, 0.4) is 0 Å². The van der Waals surface area contributed by atoms with Crippen molar-refractivity contribution in [3.8, 4) is 0 Å². The largest absolute Gasteiger partial charge is 0.469 e. The van der Waals surface area contributed by atoms with Crippen LogP contribution in [0.2, 0.25) is 0 Å². The average molecular weight is 239 g/mol. The lowest BCUT2D eigenvalue weighted by Gasteiger charge is -2.17. The van der Waals surface area contributed by atoms with E-state index >= 15 is 0 Å². The monoisotopic (exact) mass is 239 g/mol. The fourth-order valence-corrected chi connectivity index (χ4v) is 3.11. The lowest BCUT2D eigenvalue weighted by atomic mass is 9.86. The number of carbonyl (C=O) groups excluding carboxylic acids is 1. The van der Waals surface area contributed by atoms with Crippen LogP contribution >= 0.6 is 0 Å². The highest BCUT2D eigenvalue weighted by atomic mass is 16.6. The Labute approximate surface area is 102 Å². The van der Waals surface area contributed by atoms with Crippen LogP contribution < -0.4 is 0 Å². The number of carbonyl (C=O) groups is 1. The third-order valence-corrected chi connectivity index (χ3v) is 4.15. The average Bonchev–Trinajstić information content (AvgIpc) is 2.92. The van der Waals surface area contributed by atoms with E-state index in [-0.39, 0.29) is 18.0 Å². The molecular weight excluding hydrogens is 218 g/mol. The third-order valence-electron chi connectivity index (χ3n) is 4.15. The molecule has 0 N–H and O–H groups in total. The standard InChI is InChI=1S/C13H21NO3/c1-4-8(5-2)11-9-6-7-10(13(15)16-3)12(9)17-14-11/h8-10,12H,4-7H2,1-3H3/t9-,10+,12+/m1/s1. The van der Waals surface area contributed by atoms with Crippen molar-refractivity contribution in [2.24, 2.45) is 22.9 Å². The maximum absolute atomic E-state index is 11.6. The van der Waals surface area contributed by atoms with Crippen molar-refractivity contribution in [1.29, 1.82) is 0 Å². The smallest absolute Gasteiger partial charge is 0.312 e. The first-order valence-corrected chi connectivity index (χ1v) is 6.54. The Bertz CT molecular complexity index is 323. The van der Waals surface area contributed by atoms with Gasteiger partial charge in [-0.15, -0.1) is 0 Å². The molecule has 17 heavy (non-hydrogen) atoms. The van der Waals surface area contributed by atoms with Crippen LogP contribution in [0.15, 0.2) is 5.16 Å². The first kappa shape index (κ1) is 12.4. The summed E-state index contributed by atoms with van der Waals surface area (Å²) in [4.78, 5) is 17.1. The molecule has 1 heterocycles. The summed E-state index contributed by atoms with van der Waals surface area (Å²) < 4.78 is 4.82. The molecule has 0 amide bonds. The molecule has 0 unspecified atom stereocenters. The molecule has 3 atom stereocenters. The van der Waals surface area contributed by atoms with E-state index in [1.54, 1.807) is 0 Å². The quantitative estimate of drug-likeness (QED) is 0.708. The van der Waals surface area contributed by atoms with Gasteiger partial charge in [-0.2, -0.15) is 0 Å². The molecule has 0 aromatic heterocycles. The molecule has 2 rings (SSSR count). The number of rotatable bonds is 4. The summed E-state index contributed by atoms with van der Waals surface area (Å²) in [6, 6.07) is 0. The van der Waals surface area contributed by atoms with Gasteiger partial charge < -0.3 is 9.57 Å². The van der Waals surface area contributed by atoms with E-state index in [4.69, 9.17) is 9.57 Å². The van der Waals surface area contributed by atoms with Gasteiger partial charge in [0.15, 0.2) is 0 Å². The van der Waals surface area contributed by atoms with E-state index in [9.17, 15) is 4.79 Å². The molecular formula is C13H21NO3. The Hall–Kier alpha value is -1.06. The zero-order valence-electron chi connectivity index (χ0n) is 10.8. The minimum atomic E-state index is -0.154. The van der Waals surface area contributed by atoms with Crippen molar-refractivity contribution in [2.75, 3.05) is 7.11 Å². The Morgan fingerprint density at radius 2 is 2.18 bits per heavy atom. The minimum absolute atomic E-state index is 0.0713. The predicted molar refractivity (Wildman–Crippen MR) is 64.6 cm³/mol. The van der Waals surface area contributed by atoms with Crippen molar-refractivity contribution in [1.82, 2.24) is 0 Å². The van der Waals surface area contributed by atoms with E-state index < -0.39 is 0 Å².